The van der Waals surface area contributed by atoms with Gasteiger partial charge in [0.25, 0.3) is 0 Å². The highest BCUT2D eigenvalue weighted by Gasteiger charge is 1.92. The summed E-state index contributed by atoms with van der Waals surface area (Å²) in [6.07, 6.45) is 7.90. The van der Waals surface area contributed by atoms with Gasteiger partial charge in [0.15, 0.2) is 0 Å². The van der Waals surface area contributed by atoms with Gasteiger partial charge < -0.3 is 5.43 Å². The summed E-state index contributed by atoms with van der Waals surface area (Å²) in [5.74, 6) is 0. The van der Waals surface area contributed by atoms with E-state index in [1.54, 1.807) is 0 Å². The standard InChI is InChI=1S/C9H12N2/c1-8-6-4-3-5-7-10-11-9(8)2/h3-6,10H,1,7H2,2H3/b5-3-,6-4-,11-9-. The maximum absolute atomic E-state index is 4.09. The Bertz CT molecular complexity index is 234. The number of allylic oxidation sites excluding steroid dienone is 4. The number of nitrogens with zero attached hydrogens (tertiary/aromatic N) is 1. The van der Waals surface area contributed by atoms with Crippen LogP contribution < -0.4 is 5.43 Å². The van der Waals surface area contributed by atoms with Crippen molar-refractivity contribution in [3.8, 4) is 0 Å². The second kappa shape index (κ2) is 3.76. The van der Waals surface area contributed by atoms with Crippen molar-refractivity contribution in [1.29, 1.82) is 0 Å². The first-order valence-corrected chi connectivity index (χ1v) is 3.60. The van der Waals surface area contributed by atoms with Gasteiger partial charge in [0.1, 0.15) is 0 Å². The van der Waals surface area contributed by atoms with Crippen LogP contribution in [0.1, 0.15) is 6.92 Å². The normalized spacial score (nSPS) is 28.5. The van der Waals surface area contributed by atoms with Crippen LogP contribution in [0.15, 0.2) is 41.6 Å². The molecule has 2 nitrogen and oxygen atoms in total. The van der Waals surface area contributed by atoms with Crippen LogP contribution in [0.4, 0.5) is 0 Å². The van der Waals surface area contributed by atoms with Crippen molar-refractivity contribution in [1.82, 2.24) is 5.43 Å². The summed E-state index contributed by atoms with van der Waals surface area (Å²) < 4.78 is 0. The Hall–Kier alpha value is -1.31. The molecule has 0 radical (unpaired) electrons. The summed E-state index contributed by atoms with van der Waals surface area (Å²) in [4.78, 5) is 0. The van der Waals surface area contributed by atoms with E-state index < -0.39 is 0 Å². The molecule has 11 heavy (non-hydrogen) atoms. The summed E-state index contributed by atoms with van der Waals surface area (Å²) >= 11 is 0. The minimum absolute atomic E-state index is 0.773. The van der Waals surface area contributed by atoms with Crippen LogP contribution in [0.25, 0.3) is 0 Å². The van der Waals surface area contributed by atoms with Gasteiger partial charge in [-0.15, -0.1) is 0 Å². The fraction of sp³-hybridized carbons (Fsp3) is 0.222. The molecule has 0 fully saturated rings. The zero-order chi connectivity index (χ0) is 8.10. The summed E-state index contributed by atoms with van der Waals surface area (Å²) in [7, 11) is 0. The molecule has 0 unspecified atom stereocenters. The highest BCUT2D eigenvalue weighted by Crippen LogP contribution is 1.97. The van der Waals surface area contributed by atoms with Crippen LogP contribution in [-0.4, -0.2) is 12.3 Å². The molecule has 0 atom stereocenters. The molecule has 0 saturated carbocycles. The molecule has 0 aliphatic carbocycles. The summed E-state index contributed by atoms with van der Waals surface area (Å²) in [6.45, 7) is 6.56. The monoisotopic (exact) mass is 148 g/mol. The highest BCUT2D eigenvalue weighted by atomic mass is 15.3. The highest BCUT2D eigenvalue weighted by molar-refractivity contribution is 5.99. The lowest BCUT2D eigenvalue weighted by molar-refractivity contribution is 0.825. The Morgan fingerprint density at radius 2 is 2.36 bits per heavy atom. The van der Waals surface area contributed by atoms with Gasteiger partial charge in [0, 0.05) is 0 Å². The van der Waals surface area contributed by atoms with Gasteiger partial charge in [-0.25, -0.2) is 0 Å². The quantitative estimate of drug-likeness (QED) is 0.554. The number of nitrogens with one attached hydrogen (secondary N) is 1. The first kappa shape index (κ1) is 7.79. The van der Waals surface area contributed by atoms with Crippen molar-refractivity contribution in [2.75, 3.05) is 6.54 Å². The molecular weight excluding hydrogens is 136 g/mol. The lowest BCUT2D eigenvalue weighted by Gasteiger charge is -1.98. The summed E-state index contributed by atoms with van der Waals surface area (Å²) in [5, 5.41) is 4.09. The molecule has 1 N–H and O–H groups in total. The third-order valence-corrected chi connectivity index (χ3v) is 1.47. The van der Waals surface area contributed by atoms with Crippen LogP contribution in [0.2, 0.25) is 0 Å². The van der Waals surface area contributed by atoms with E-state index in [2.05, 4.69) is 17.1 Å². The average molecular weight is 148 g/mol. The lowest BCUT2D eigenvalue weighted by atomic mass is 10.2. The molecule has 0 saturated heterocycles. The van der Waals surface area contributed by atoms with E-state index in [9.17, 15) is 0 Å². The van der Waals surface area contributed by atoms with E-state index in [4.69, 9.17) is 0 Å². The Balaban J connectivity index is 2.77. The number of hydrogen-bond acceptors (Lipinski definition) is 2. The van der Waals surface area contributed by atoms with Gasteiger partial charge >= 0.3 is 0 Å². The molecule has 0 aromatic heterocycles. The van der Waals surface area contributed by atoms with Crippen molar-refractivity contribution < 1.29 is 0 Å². The van der Waals surface area contributed by atoms with Crippen molar-refractivity contribution in [2.45, 2.75) is 6.92 Å². The van der Waals surface area contributed by atoms with Crippen molar-refractivity contribution in [2.24, 2.45) is 5.10 Å². The molecule has 0 aromatic rings. The molecule has 0 bridgehead atoms. The minimum atomic E-state index is 0.773. The molecule has 1 aliphatic rings. The molecule has 0 spiro atoms. The van der Waals surface area contributed by atoms with E-state index >= 15 is 0 Å². The third-order valence-electron chi connectivity index (χ3n) is 1.47. The van der Waals surface area contributed by atoms with Gasteiger partial charge in [-0.2, -0.15) is 5.10 Å². The van der Waals surface area contributed by atoms with E-state index in [0.717, 1.165) is 17.8 Å². The zero-order valence-electron chi connectivity index (χ0n) is 6.67. The predicted octanol–water partition coefficient (Wildman–Crippen LogP) is 1.63. The van der Waals surface area contributed by atoms with Crippen LogP contribution >= 0.6 is 0 Å². The van der Waals surface area contributed by atoms with Crippen molar-refractivity contribution in [3.05, 3.63) is 36.5 Å². The van der Waals surface area contributed by atoms with Gasteiger partial charge in [-0.05, 0) is 12.5 Å². The van der Waals surface area contributed by atoms with Crippen LogP contribution in [0.3, 0.4) is 0 Å². The van der Waals surface area contributed by atoms with Crippen molar-refractivity contribution in [3.63, 3.8) is 0 Å². The van der Waals surface area contributed by atoms with E-state index in [-0.39, 0.29) is 0 Å². The van der Waals surface area contributed by atoms with Gasteiger partial charge in [-0.1, -0.05) is 30.9 Å². The Morgan fingerprint density at radius 1 is 1.55 bits per heavy atom. The molecule has 1 aliphatic heterocycles. The first-order valence-electron chi connectivity index (χ1n) is 3.60. The number of hydrogen-bond donors (Lipinski definition) is 1. The minimum Gasteiger partial charge on any atom is -0.306 e. The van der Waals surface area contributed by atoms with Crippen molar-refractivity contribution >= 4 is 5.71 Å². The van der Waals surface area contributed by atoms with E-state index in [1.807, 2.05) is 31.2 Å². The van der Waals surface area contributed by atoms with Gasteiger partial charge in [0.2, 0.25) is 0 Å². The van der Waals surface area contributed by atoms with Gasteiger partial charge in [-0.3, -0.25) is 0 Å². The van der Waals surface area contributed by atoms with E-state index in [0.29, 0.717) is 0 Å². The molecule has 0 aromatic carbocycles. The molecule has 2 heteroatoms. The predicted molar refractivity (Wildman–Crippen MR) is 48.5 cm³/mol. The summed E-state index contributed by atoms with van der Waals surface area (Å²) in [6, 6.07) is 0. The number of rotatable bonds is 0. The zero-order valence-corrected chi connectivity index (χ0v) is 6.67. The fourth-order valence-corrected chi connectivity index (χ4v) is 0.728. The molecule has 0 amide bonds. The Morgan fingerprint density at radius 3 is 3.18 bits per heavy atom. The Kier molecular flexibility index (Phi) is 2.66. The Labute approximate surface area is 67.0 Å². The second-order valence-corrected chi connectivity index (χ2v) is 2.37. The van der Waals surface area contributed by atoms with Crippen LogP contribution in [-0.2, 0) is 0 Å². The fourth-order valence-electron chi connectivity index (χ4n) is 0.728. The largest absolute Gasteiger partial charge is 0.306 e. The van der Waals surface area contributed by atoms with Crippen LogP contribution in [0.5, 0.6) is 0 Å². The lowest BCUT2D eigenvalue weighted by Crippen LogP contribution is -2.08. The molecular formula is C9H12N2. The average Bonchev–Trinajstić information content (AvgIpc) is 2.07. The van der Waals surface area contributed by atoms with Crippen LogP contribution in [0, 0.1) is 0 Å². The third kappa shape index (κ3) is 2.42. The summed E-state index contributed by atoms with van der Waals surface area (Å²) in [5.41, 5.74) is 4.79. The van der Waals surface area contributed by atoms with E-state index in [1.165, 1.54) is 0 Å². The van der Waals surface area contributed by atoms with Gasteiger partial charge in [0.05, 0.1) is 12.3 Å². The topological polar surface area (TPSA) is 24.4 Å². The SMILES string of the molecule is C=C1/C=C\C=C/CN/N=C\1C. The maximum atomic E-state index is 4.09. The smallest absolute Gasteiger partial charge is 0.0638 e. The molecule has 1 rings (SSSR count). The molecule has 1 heterocycles. The first-order chi connectivity index (χ1) is 5.30. The molecule has 58 valence electrons. The number of hydrazone groups is 1. The maximum Gasteiger partial charge on any atom is 0.0638 e. The second-order valence-electron chi connectivity index (χ2n) is 2.37.